The summed E-state index contributed by atoms with van der Waals surface area (Å²) in [5, 5.41) is 11.7. The number of rotatable bonds is 5. The van der Waals surface area contributed by atoms with Crippen LogP contribution in [-0.4, -0.2) is 39.7 Å². The molecule has 0 atom stereocenters. The number of nitrogens with zero attached hydrogens (tertiary/aromatic N) is 2. The zero-order chi connectivity index (χ0) is 18.8. The van der Waals surface area contributed by atoms with Crippen molar-refractivity contribution in [2.45, 2.75) is 6.42 Å². The minimum absolute atomic E-state index is 0.0226. The van der Waals surface area contributed by atoms with Gasteiger partial charge in [0.15, 0.2) is 0 Å². The van der Waals surface area contributed by atoms with Gasteiger partial charge in [-0.3, -0.25) is 9.69 Å². The minimum Gasteiger partial charge on any atom is -0.550 e. The molecule has 0 bridgehead atoms. The Balaban J connectivity index is 1.94. The molecule has 2 heterocycles. The maximum absolute atomic E-state index is 12.5. The smallest absolute Gasteiger partial charge is 0.266 e. The zero-order valence-electron chi connectivity index (χ0n) is 13.5. The number of aromatic nitrogens is 1. The topological polar surface area (TPSA) is 82.6 Å². The summed E-state index contributed by atoms with van der Waals surface area (Å²) < 4.78 is 5.51. The SMILES string of the molecule is COc1ccc2nc(Cl)c(/C=C3\SC(=S)N(CCC(=O)[O-])C3=O)cc2c1. The number of amides is 1. The molecule has 1 aliphatic rings. The third kappa shape index (κ3) is 3.82. The molecular weight excluding hydrogens is 396 g/mol. The predicted molar refractivity (Wildman–Crippen MR) is 103 cm³/mol. The van der Waals surface area contributed by atoms with E-state index >= 15 is 0 Å². The number of halogens is 1. The number of hydrogen-bond donors (Lipinski definition) is 0. The quantitative estimate of drug-likeness (QED) is 0.427. The fourth-order valence-corrected chi connectivity index (χ4v) is 3.91. The van der Waals surface area contributed by atoms with Crippen LogP contribution in [0, 0.1) is 0 Å². The van der Waals surface area contributed by atoms with Gasteiger partial charge < -0.3 is 14.6 Å². The molecule has 3 rings (SSSR count). The van der Waals surface area contributed by atoms with Gasteiger partial charge in [0.2, 0.25) is 0 Å². The second-order valence-electron chi connectivity index (χ2n) is 5.38. The van der Waals surface area contributed by atoms with Crippen molar-refractivity contribution in [1.29, 1.82) is 0 Å². The monoisotopic (exact) mass is 407 g/mol. The number of carbonyl (C=O) groups excluding carboxylic acids is 2. The number of thiocarbonyl (C=S) groups is 1. The molecule has 1 aliphatic heterocycles. The predicted octanol–water partition coefficient (Wildman–Crippen LogP) is 2.24. The highest BCUT2D eigenvalue weighted by molar-refractivity contribution is 8.26. The van der Waals surface area contributed by atoms with Crippen LogP contribution in [0.3, 0.4) is 0 Å². The lowest BCUT2D eigenvalue weighted by atomic mass is 10.1. The van der Waals surface area contributed by atoms with Crippen LogP contribution in [0.5, 0.6) is 5.75 Å². The Hall–Kier alpha value is -2.16. The summed E-state index contributed by atoms with van der Waals surface area (Å²) in [6, 6.07) is 7.21. The molecule has 1 aromatic heterocycles. The maximum Gasteiger partial charge on any atom is 0.266 e. The Morgan fingerprint density at radius 2 is 2.23 bits per heavy atom. The highest BCUT2D eigenvalue weighted by Crippen LogP contribution is 2.34. The van der Waals surface area contributed by atoms with E-state index in [4.69, 9.17) is 28.6 Å². The van der Waals surface area contributed by atoms with Crippen molar-refractivity contribution in [1.82, 2.24) is 9.88 Å². The van der Waals surface area contributed by atoms with E-state index in [2.05, 4.69) is 4.98 Å². The largest absolute Gasteiger partial charge is 0.550 e. The van der Waals surface area contributed by atoms with Gasteiger partial charge in [-0.05, 0) is 30.3 Å². The van der Waals surface area contributed by atoms with Crippen LogP contribution in [-0.2, 0) is 9.59 Å². The Morgan fingerprint density at radius 3 is 2.92 bits per heavy atom. The molecule has 0 N–H and O–H groups in total. The van der Waals surface area contributed by atoms with Crippen LogP contribution >= 0.6 is 35.6 Å². The molecule has 9 heteroatoms. The van der Waals surface area contributed by atoms with Crippen LogP contribution in [0.25, 0.3) is 17.0 Å². The summed E-state index contributed by atoms with van der Waals surface area (Å²) in [6.45, 7) is -0.0226. The van der Waals surface area contributed by atoms with E-state index in [0.717, 1.165) is 17.1 Å². The van der Waals surface area contributed by atoms with E-state index in [-0.39, 0.29) is 24.0 Å². The van der Waals surface area contributed by atoms with Gasteiger partial charge in [-0.1, -0.05) is 35.6 Å². The molecule has 1 saturated heterocycles. The van der Waals surface area contributed by atoms with Crippen LogP contribution in [0.2, 0.25) is 5.15 Å². The number of aliphatic carboxylic acids is 1. The van der Waals surface area contributed by atoms with Crippen molar-refractivity contribution < 1.29 is 19.4 Å². The van der Waals surface area contributed by atoms with Gasteiger partial charge in [-0.15, -0.1) is 0 Å². The molecule has 0 radical (unpaired) electrons. The number of carboxylic acids is 1. The van der Waals surface area contributed by atoms with E-state index in [1.54, 1.807) is 31.4 Å². The van der Waals surface area contributed by atoms with Crippen molar-refractivity contribution in [3.63, 3.8) is 0 Å². The highest BCUT2D eigenvalue weighted by Gasteiger charge is 2.31. The summed E-state index contributed by atoms with van der Waals surface area (Å²) in [5.74, 6) is -0.914. The first kappa shape index (κ1) is 18.6. The molecule has 1 aromatic carbocycles. The van der Waals surface area contributed by atoms with Gasteiger partial charge in [0.25, 0.3) is 5.91 Å². The molecule has 2 aromatic rings. The van der Waals surface area contributed by atoms with Crippen molar-refractivity contribution in [2.24, 2.45) is 0 Å². The molecule has 134 valence electrons. The fraction of sp³-hybridized carbons (Fsp3) is 0.176. The lowest BCUT2D eigenvalue weighted by Crippen LogP contribution is -2.33. The van der Waals surface area contributed by atoms with Crippen molar-refractivity contribution in [3.8, 4) is 5.75 Å². The van der Waals surface area contributed by atoms with Crippen LogP contribution in [0.15, 0.2) is 29.2 Å². The third-order valence-corrected chi connectivity index (χ3v) is 5.38. The number of ether oxygens (including phenoxy) is 1. The number of carboxylic acid groups (broad SMARTS) is 1. The normalized spacial score (nSPS) is 15.9. The molecule has 0 unspecified atom stereocenters. The Morgan fingerprint density at radius 1 is 1.46 bits per heavy atom. The number of thioether (sulfide) groups is 1. The van der Waals surface area contributed by atoms with Crippen molar-refractivity contribution in [3.05, 3.63) is 39.9 Å². The number of carbonyl (C=O) groups is 2. The summed E-state index contributed by atoms with van der Waals surface area (Å²) in [4.78, 5) is 29.0. The molecule has 0 aliphatic carbocycles. The number of methoxy groups -OCH3 is 1. The molecule has 0 saturated carbocycles. The van der Waals surface area contributed by atoms with E-state index in [1.807, 2.05) is 6.07 Å². The average molecular weight is 408 g/mol. The van der Waals surface area contributed by atoms with Gasteiger partial charge in [0, 0.05) is 29.9 Å². The van der Waals surface area contributed by atoms with Crippen molar-refractivity contribution >= 4 is 68.8 Å². The number of pyridine rings is 1. The first-order valence-corrected chi connectivity index (χ1v) is 9.09. The van der Waals surface area contributed by atoms with Gasteiger partial charge in [0.1, 0.15) is 15.2 Å². The first-order valence-electron chi connectivity index (χ1n) is 7.48. The minimum atomic E-state index is -1.24. The van der Waals surface area contributed by atoms with Crippen LogP contribution in [0.1, 0.15) is 12.0 Å². The van der Waals surface area contributed by atoms with E-state index < -0.39 is 5.97 Å². The second kappa shape index (κ2) is 7.61. The second-order valence-corrected chi connectivity index (χ2v) is 7.42. The van der Waals surface area contributed by atoms with E-state index in [0.29, 0.717) is 26.1 Å². The number of hydrogen-bond acceptors (Lipinski definition) is 7. The Kier molecular flexibility index (Phi) is 5.45. The molecule has 0 spiro atoms. The Bertz CT molecular complexity index is 961. The summed E-state index contributed by atoms with van der Waals surface area (Å²) >= 11 is 12.5. The van der Waals surface area contributed by atoms with Gasteiger partial charge in [-0.25, -0.2) is 4.98 Å². The molecule has 6 nitrogen and oxygen atoms in total. The molecule has 1 amide bonds. The maximum atomic E-state index is 12.5. The summed E-state index contributed by atoms with van der Waals surface area (Å²) in [5.41, 5.74) is 1.27. The third-order valence-electron chi connectivity index (χ3n) is 3.70. The van der Waals surface area contributed by atoms with Gasteiger partial charge in [-0.2, -0.15) is 0 Å². The van der Waals surface area contributed by atoms with E-state index in [1.165, 1.54) is 4.90 Å². The molecular formula is C17H12ClN2O4S2-. The zero-order valence-corrected chi connectivity index (χ0v) is 15.9. The average Bonchev–Trinajstić information content (AvgIpc) is 2.86. The van der Waals surface area contributed by atoms with Gasteiger partial charge in [0.05, 0.1) is 17.5 Å². The Labute approximate surface area is 163 Å². The summed E-state index contributed by atoms with van der Waals surface area (Å²) in [7, 11) is 1.57. The first-order chi connectivity index (χ1) is 12.4. The van der Waals surface area contributed by atoms with E-state index in [9.17, 15) is 14.7 Å². The lowest BCUT2D eigenvalue weighted by Gasteiger charge is -2.14. The van der Waals surface area contributed by atoms with Crippen molar-refractivity contribution in [2.75, 3.05) is 13.7 Å². The number of fused-ring (bicyclic) bond motifs is 1. The standard InChI is InChI=1S/C17H13ClN2O4S2/c1-24-11-2-3-12-9(7-11)6-10(15(18)19-12)8-13-16(23)20(17(25)26-13)5-4-14(21)22/h2-3,6-8H,4-5H2,1H3,(H,21,22)/p-1/b13-8-. The molecule has 1 fully saturated rings. The van der Waals surface area contributed by atoms with Gasteiger partial charge >= 0.3 is 0 Å². The summed E-state index contributed by atoms with van der Waals surface area (Å²) in [6.07, 6.45) is 1.32. The van der Waals surface area contributed by atoms with Crippen LogP contribution in [0.4, 0.5) is 0 Å². The lowest BCUT2D eigenvalue weighted by molar-refractivity contribution is -0.305. The fourth-order valence-electron chi connectivity index (χ4n) is 2.41. The van der Waals surface area contributed by atoms with Crippen LogP contribution < -0.4 is 9.84 Å². The molecule has 26 heavy (non-hydrogen) atoms. The highest BCUT2D eigenvalue weighted by atomic mass is 35.5. The number of benzene rings is 1.